The normalized spacial score (nSPS) is 11.5. The van der Waals surface area contributed by atoms with Crippen molar-refractivity contribution in [3.63, 3.8) is 0 Å². The molecule has 0 aliphatic rings. The Morgan fingerprint density at radius 3 is 2.48 bits per heavy atom. The van der Waals surface area contributed by atoms with Crippen LogP contribution in [0.1, 0.15) is 22.5 Å². The van der Waals surface area contributed by atoms with Crippen molar-refractivity contribution < 1.29 is 13.3 Å². The van der Waals surface area contributed by atoms with Gasteiger partial charge < -0.3 is 5.73 Å². The van der Waals surface area contributed by atoms with Crippen LogP contribution < -0.4 is 5.73 Å². The van der Waals surface area contributed by atoms with Gasteiger partial charge in [-0.2, -0.15) is 0 Å². The highest BCUT2D eigenvalue weighted by Crippen LogP contribution is 2.21. The standard InChI is InChI=1S/C19H21N5O4S/c1-14-5-7-15(8-6-14)12-23-18(9-10-20)21-22-19(23)29(27,28)13-16-3-2-4-17(11-16)24(25)26/h2-8,11H,9-10,12-13,20H2,1H3. The summed E-state index contributed by atoms with van der Waals surface area (Å²) in [5, 5.41) is 18.7. The lowest BCUT2D eigenvalue weighted by Gasteiger charge is -2.11. The van der Waals surface area contributed by atoms with E-state index < -0.39 is 20.5 Å². The van der Waals surface area contributed by atoms with E-state index in [0.29, 0.717) is 24.4 Å². The van der Waals surface area contributed by atoms with Gasteiger partial charge in [0.25, 0.3) is 5.69 Å². The molecule has 29 heavy (non-hydrogen) atoms. The second-order valence-electron chi connectivity index (χ2n) is 6.70. The van der Waals surface area contributed by atoms with E-state index in [9.17, 15) is 18.5 Å². The first-order chi connectivity index (χ1) is 13.8. The fourth-order valence-corrected chi connectivity index (χ4v) is 4.36. The molecular weight excluding hydrogens is 394 g/mol. The third-order valence-corrected chi connectivity index (χ3v) is 5.95. The Labute approximate surface area is 168 Å². The minimum absolute atomic E-state index is 0.164. The summed E-state index contributed by atoms with van der Waals surface area (Å²) in [6, 6.07) is 13.3. The zero-order chi connectivity index (χ0) is 21.0. The van der Waals surface area contributed by atoms with Crippen LogP contribution in [0.3, 0.4) is 0 Å². The highest BCUT2D eigenvalue weighted by atomic mass is 32.2. The average Bonchev–Trinajstić information content (AvgIpc) is 3.07. The van der Waals surface area contributed by atoms with Gasteiger partial charge in [0, 0.05) is 18.6 Å². The summed E-state index contributed by atoms with van der Waals surface area (Å²) in [4.78, 5) is 10.4. The fourth-order valence-electron chi connectivity index (χ4n) is 2.94. The molecule has 0 aliphatic carbocycles. The van der Waals surface area contributed by atoms with Crippen molar-refractivity contribution in [2.24, 2.45) is 5.73 Å². The van der Waals surface area contributed by atoms with Crippen LogP contribution in [0.4, 0.5) is 5.69 Å². The second kappa shape index (κ2) is 8.50. The quantitative estimate of drug-likeness (QED) is 0.439. The van der Waals surface area contributed by atoms with Gasteiger partial charge in [-0.3, -0.25) is 14.7 Å². The Morgan fingerprint density at radius 1 is 1.10 bits per heavy atom. The molecule has 3 aromatic rings. The molecule has 2 aromatic carbocycles. The number of hydrogen-bond donors (Lipinski definition) is 1. The van der Waals surface area contributed by atoms with Crippen LogP contribution in [0.2, 0.25) is 0 Å². The molecule has 0 atom stereocenters. The maximum atomic E-state index is 13.0. The lowest BCUT2D eigenvalue weighted by molar-refractivity contribution is -0.384. The van der Waals surface area contributed by atoms with Crippen molar-refractivity contribution in [1.29, 1.82) is 0 Å². The van der Waals surface area contributed by atoms with Gasteiger partial charge in [-0.15, -0.1) is 10.2 Å². The summed E-state index contributed by atoms with van der Waals surface area (Å²) >= 11 is 0. The van der Waals surface area contributed by atoms with E-state index >= 15 is 0 Å². The van der Waals surface area contributed by atoms with Crippen molar-refractivity contribution >= 4 is 15.5 Å². The summed E-state index contributed by atoms with van der Waals surface area (Å²) in [6.07, 6.45) is 0.380. The smallest absolute Gasteiger partial charge is 0.269 e. The molecule has 0 saturated heterocycles. The first-order valence-corrected chi connectivity index (χ1v) is 10.6. The molecule has 1 aromatic heterocycles. The topological polar surface area (TPSA) is 134 Å². The molecule has 0 amide bonds. The lowest BCUT2D eigenvalue weighted by Crippen LogP contribution is -2.17. The minimum atomic E-state index is -3.89. The molecule has 0 aliphatic heterocycles. The Hall–Kier alpha value is -3.11. The van der Waals surface area contributed by atoms with E-state index in [4.69, 9.17) is 5.73 Å². The molecule has 0 fully saturated rings. The van der Waals surface area contributed by atoms with E-state index in [1.807, 2.05) is 31.2 Å². The highest BCUT2D eigenvalue weighted by molar-refractivity contribution is 7.90. The number of nitro groups is 1. The van der Waals surface area contributed by atoms with Crippen LogP contribution >= 0.6 is 0 Å². The van der Waals surface area contributed by atoms with Crippen LogP contribution in [0.5, 0.6) is 0 Å². The van der Waals surface area contributed by atoms with Crippen LogP contribution in [0.15, 0.2) is 53.7 Å². The molecule has 0 spiro atoms. The van der Waals surface area contributed by atoms with Gasteiger partial charge in [-0.1, -0.05) is 42.0 Å². The Bertz CT molecular complexity index is 1120. The van der Waals surface area contributed by atoms with Crippen LogP contribution in [0.25, 0.3) is 0 Å². The van der Waals surface area contributed by atoms with E-state index in [2.05, 4.69) is 10.2 Å². The molecule has 9 nitrogen and oxygen atoms in total. The van der Waals surface area contributed by atoms with Crippen molar-refractivity contribution in [2.75, 3.05) is 6.54 Å². The van der Waals surface area contributed by atoms with E-state index in [1.165, 1.54) is 24.3 Å². The summed E-state index contributed by atoms with van der Waals surface area (Å²) < 4.78 is 27.6. The van der Waals surface area contributed by atoms with E-state index in [-0.39, 0.29) is 17.4 Å². The first kappa shape index (κ1) is 20.6. The number of nitro benzene ring substituents is 1. The molecule has 152 valence electrons. The van der Waals surface area contributed by atoms with Crippen molar-refractivity contribution in [3.05, 3.63) is 81.2 Å². The third kappa shape index (κ3) is 4.84. The zero-order valence-corrected chi connectivity index (χ0v) is 16.7. The van der Waals surface area contributed by atoms with Gasteiger partial charge in [0.05, 0.1) is 17.2 Å². The molecule has 2 N–H and O–H groups in total. The number of aromatic nitrogens is 3. The van der Waals surface area contributed by atoms with Gasteiger partial charge in [0.15, 0.2) is 0 Å². The molecule has 3 rings (SSSR count). The third-order valence-electron chi connectivity index (χ3n) is 4.38. The number of sulfone groups is 1. The monoisotopic (exact) mass is 415 g/mol. The second-order valence-corrected chi connectivity index (χ2v) is 8.58. The first-order valence-electron chi connectivity index (χ1n) is 8.94. The van der Waals surface area contributed by atoms with Crippen LogP contribution in [-0.4, -0.2) is 34.7 Å². The fraction of sp³-hybridized carbons (Fsp3) is 0.263. The number of hydrogen-bond acceptors (Lipinski definition) is 7. The van der Waals surface area contributed by atoms with Gasteiger partial charge in [0.2, 0.25) is 15.0 Å². The van der Waals surface area contributed by atoms with E-state index in [0.717, 1.165) is 11.1 Å². The number of nitrogens with two attached hydrogens (primary N) is 1. The summed E-state index contributed by atoms with van der Waals surface area (Å²) in [5.74, 6) is 0.0641. The van der Waals surface area contributed by atoms with Crippen molar-refractivity contribution in [1.82, 2.24) is 14.8 Å². The molecule has 1 heterocycles. The van der Waals surface area contributed by atoms with Gasteiger partial charge >= 0.3 is 0 Å². The number of aryl methyl sites for hydroxylation is 1. The zero-order valence-electron chi connectivity index (χ0n) is 15.9. The van der Waals surface area contributed by atoms with Gasteiger partial charge in [-0.05, 0) is 24.6 Å². The van der Waals surface area contributed by atoms with Crippen LogP contribution in [0, 0.1) is 17.0 Å². The average molecular weight is 415 g/mol. The maximum Gasteiger partial charge on any atom is 0.269 e. The lowest BCUT2D eigenvalue weighted by atomic mass is 10.1. The predicted octanol–water partition coefficient (Wildman–Crippen LogP) is 2.02. The largest absolute Gasteiger partial charge is 0.330 e. The number of rotatable bonds is 8. The molecule has 0 unspecified atom stereocenters. The molecule has 0 saturated carbocycles. The Balaban J connectivity index is 1.97. The minimum Gasteiger partial charge on any atom is -0.330 e. The molecule has 10 heteroatoms. The van der Waals surface area contributed by atoms with Crippen molar-refractivity contribution in [3.8, 4) is 0 Å². The summed E-state index contributed by atoms with van der Waals surface area (Å²) in [5.41, 5.74) is 7.78. The SMILES string of the molecule is Cc1ccc(Cn2c(CCN)nnc2S(=O)(=O)Cc2cccc([N+](=O)[O-])c2)cc1. The van der Waals surface area contributed by atoms with Crippen molar-refractivity contribution in [2.45, 2.75) is 30.8 Å². The summed E-state index contributed by atoms with van der Waals surface area (Å²) in [6.45, 7) is 2.56. The molecule has 0 bridgehead atoms. The predicted molar refractivity (Wildman–Crippen MR) is 107 cm³/mol. The summed E-state index contributed by atoms with van der Waals surface area (Å²) in [7, 11) is -3.89. The molecule has 0 radical (unpaired) electrons. The van der Waals surface area contributed by atoms with Gasteiger partial charge in [-0.25, -0.2) is 8.42 Å². The Kier molecular flexibility index (Phi) is 6.04. The van der Waals surface area contributed by atoms with Crippen LogP contribution in [-0.2, 0) is 28.6 Å². The van der Waals surface area contributed by atoms with Gasteiger partial charge in [0.1, 0.15) is 5.82 Å². The highest BCUT2D eigenvalue weighted by Gasteiger charge is 2.26. The Morgan fingerprint density at radius 2 is 1.83 bits per heavy atom. The maximum absolute atomic E-state index is 13.0. The van der Waals surface area contributed by atoms with E-state index in [1.54, 1.807) is 4.57 Å². The number of benzene rings is 2. The molecular formula is C19H21N5O4S. The number of non-ortho nitro benzene ring substituents is 1. The number of nitrogens with zero attached hydrogens (tertiary/aromatic N) is 4.